The quantitative estimate of drug-likeness (QED) is 0.204. The second-order valence-electron chi connectivity index (χ2n) is 10.9. The minimum Gasteiger partial charge on any atom is -0.309 e. The average molecular weight is 524 g/mol. The van der Waals surface area contributed by atoms with Crippen LogP contribution in [0.4, 0.5) is 0 Å². The van der Waals surface area contributed by atoms with Crippen molar-refractivity contribution in [2.45, 2.75) is 6.42 Å². The molecule has 0 saturated carbocycles. The fourth-order valence-corrected chi connectivity index (χ4v) is 7.20. The Balaban J connectivity index is 1.31. The first kappa shape index (κ1) is 21.3. The number of para-hydroxylation sites is 2. The number of fused-ring (bicyclic) bond motifs is 15. The van der Waals surface area contributed by atoms with Crippen LogP contribution in [0.2, 0.25) is 0 Å². The van der Waals surface area contributed by atoms with E-state index in [1.54, 1.807) is 0 Å². The van der Waals surface area contributed by atoms with Gasteiger partial charge in [-0.15, -0.1) is 0 Å². The van der Waals surface area contributed by atoms with Gasteiger partial charge in [-0.3, -0.25) is 14.4 Å². The average Bonchev–Trinajstić information content (AvgIpc) is 3.70. The third-order valence-electron chi connectivity index (χ3n) is 8.89. The molecule has 0 saturated heterocycles. The topological polar surface area (TPSA) is 48.0 Å². The van der Waals surface area contributed by atoms with Gasteiger partial charge in [0.15, 0.2) is 0 Å². The maximum Gasteiger partial charge on any atom is 0.146 e. The molecule has 190 valence electrons. The van der Waals surface area contributed by atoms with E-state index < -0.39 is 0 Å². The number of hydrogen-bond acceptors (Lipinski definition) is 3. The predicted molar refractivity (Wildman–Crippen MR) is 166 cm³/mol. The summed E-state index contributed by atoms with van der Waals surface area (Å²) in [5, 5.41) is 6.09. The van der Waals surface area contributed by atoms with Crippen molar-refractivity contribution in [2.75, 3.05) is 0 Å². The summed E-state index contributed by atoms with van der Waals surface area (Å²) in [6.07, 6.45) is 8.45. The second-order valence-corrected chi connectivity index (χ2v) is 10.9. The van der Waals surface area contributed by atoms with Crippen molar-refractivity contribution < 1.29 is 0 Å². The molecule has 5 heterocycles. The Labute approximate surface area is 234 Å². The summed E-state index contributed by atoms with van der Waals surface area (Å²) in [7, 11) is 0. The van der Waals surface area contributed by atoms with Crippen molar-refractivity contribution in [1.29, 1.82) is 0 Å². The molecule has 0 N–H and O–H groups in total. The molecule has 0 amide bonds. The van der Waals surface area contributed by atoms with Crippen molar-refractivity contribution in [3.63, 3.8) is 0 Å². The molecule has 0 aliphatic heterocycles. The van der Waals surface area contributed by atoms with Gasteiger partial charge in [0, 0.05) is 45.8 Å². The first-order valence-electron chi connectivity index (χ1n) is 13.9. The Bertz CT molecular complexity index is 2550. The largest absolute Gasteiger partial charge is 0.309 e. The Kier molecular flexibility index (Phi) is 3.92. The minimum atomic E-state index is 0.889. The van der Waals surface area contributed by atoms with Gasteiger partial charge in [-0.25, -0.2) is 4.98 Å². The van der Waals surface area contributed by atoms with Gasteiger partial charge in [0.05, 0.1) is 33.8 Å². The van der Waals surface area contributed by atoms with Crippen molar-refractivity contribution in [3.8, 4) is 16.8 Å². The third-order valence-corrected chi connectivity index (χ3v) is 8.89. The molecule has 5 heteroatoms. The summed E-state index contributed by atoms with van der Waals surface area (Å²) < 4.78 is 4.64. The molecule has 0 fully saturated rings. The molecule has 5 aromatic heterocycles. The van der Waals surface area contributed by atoms with Crippen LogP contribution in [-0.4, -0.2) is 23.9 Å². The summed E-state index contributed by atoms with van der Waals surface area (Å²) in [4.78, 5) is 14.0. The molecule has 0 unspecified atom stereocenters. The first-order valence-corrected chi connectivity index (χ1v) is 13.9. The lowest BCUT2D eigenvalue weighted by molar-refractivity contribution is 1.18. The summed E-state index contributed by atoms with van der Waals surface area (Å²) in [5.41, 5.74) is 13.0. The standard InChI is InChI=1S/C36H21N5/c1-2-6-22(7-3-1)40-31-9-5-4-8-24(31)35-27-16-21-17-28-26(18-25(21)23(27)10-11-33(35)40)29-19-37-15-13-32(29)41-34-20-38-14-12-30(34)39-36(28)41/h1-15,17-20H,16H2. The van der Waals surface area contributed by atoms with E-state index in [0.29, 0.717) is 0 Å². The lowest BCUT2D eigenvalue weighted by Crippen LogP contribution is -1.93. The van der Waals surface area contributed by atoms with Crippen LogP contribution in [-0.2, 0) is 6.42 Å². The zero-order valence-electron chi connectivity index (χ0n) is 21.9. The molecule has 10 rings (SSSR count). The van der Waals surface area contributed by atoms with Gasteiger partial charge in [0.2, 0.25) is 0 Å². The molecular formula is C36H21N5. The van der Waals surface area contributed by atoms with E-state index in [9.17, 15) is 0 Å². The van der Waals surface area contributed by atoms with Gasteiger partial charge >= 0.3 is 0 Å². The molecular weight excluding hydrogens is 502 g/mol. The number of nitrogens with zero attached hydrogens (tertiary/aromatic N) is 5. The minimum absolute atomic E-state index is 0.889. The number of aromatic nitrogens is 5. The van der Waals surface area contributed by atoms with Crippen LogP contribution in [0.15, 0.2) is 116 Å². The van der Waals surface area contributed by atoms with Crippen LogP contribution in [0.25, 0.3) is 77.0 Å². The van der Waals surface area contributed by atoms with Gasteiger partial charge in [0.25, 0.3) is 0 Å². The molecule has 0 atom stereocenters. The molecule has 5 nitrogen and oxygen atoms in total. The van der Waals surface area contributed by atoms with Crippen molar-refractivity contribution in [2.24, 2.45) is 0 Å². The Morgan fingerprint density at radius 1 is 0.585 bits per heavy atom. The lowest BCUT2D eigenvalue weighted by atomic mass is 9.98. The van der Waals surface area contributed by atoms with Crippen molar-refractivity contribution in [1.82, 2.24) is 23.9 Å². The van der Waals surface area contributed by atoms with Crippen LogP contribution in [0.1, 0.15) is 11.1 Å². The zero-order chi connectivity index (χ0) is 26.7. The Hall–Kier alpha value is -5.55. The van der Waals surface area contributed by atoms with E-state index in [2.05, 4.69) is 104 Å². The van der Waals surface area contributed by atoms with E-state index >= 15 is 0 Å². The van der Waals surface area contributed by atoms with Gasteiger partial charge in [-0.1, -0.05) is 42.5 Å². The van der Waals surface area contributed by atoms with Crippen LogP contribution >= 0.6 is 0 Å². The maximum absolute atomic E-state index is 5.10. The normalized spacial score (nSPS) is 12.8. The third kappa shape index (κ3) is 2.68. The van der Waals surface area contributed by atoms with E-state index in [1.165, 1.54) is 55.1 Å². The van der Waals surface area contributed by atoms with E-state index in [-0.39, 0.29) is 0 Å². The smallest absolute Gasteiger partial charge is 0.146 e. The molecule has 9 aromatic rings. The zero-order valence-corrected chi connectivity index (χ0v) is 21.9. The van der Waals surface area contributed by atoms with Crippen molar-refractivity contribution >= 4 is 60.2 Å². The van der Waals surface area contributed by atoms with E-state index in [1.807, 2.05) is 30.9 Å². The van der Waals surface area contributed by atoms with Crippen molar-refractivity contribution in [3.05, 3.63) is 127 Å². The van der Waals surface area contributed by atoms with Crippen LogP contribution in [0.5, 0.6) is 0 Å². The van der Waals surface area contributed by atoms with Crippen LogP contribution in [0, 0.1) is 0 Å². The highest BCUT2D eigenvalue weighted by Crippen LogP contribution is 2.46. The fourth-order valence-electron chi connectivity index (χ4n) is 7.20. The van der Waals surface area contributed by atoms with Gasteiger partial charge < -0.3 is 4.57 Å². The SMILES string of the molecule is c1ccc(-n2c3ccccc3c3c4c(ccc32)-c2cc3c5cnccc5n5c6cnccc6nc5c3cc2C4)cc1. The number of rotatable bonds is 1. The first-order chi connectivity index (χ1) is 20.3. The summed E-state index contributed by atoms with van der Waals surface area (Å²) in [6.45, 7) is 0. The molecule has 0 bridgehead atoms. The highest BCUT2D eigenvalue weighted by atomic mass is 15.0. The predicted octanol–water partition coefficient (Wildman–Crippen LogP) is 8.25. The Morgan fingerprint density at radius 3 is 2.39 bits per heavy atom. The number of pyridine rings is 3. The summed E-state index contributed by atoms with van der Waals surface area (Å²) in [5.74, 6) is 0. The Morgan fingerprint density at radius 2 is 1.44 bits per heavy atom. The maximum atomic E-state index is 5.10. The highest BCUT2D eigenvalue weighted by Gasteiger charge is 2.26. The molecule has 0 radical (unpaired) electrons. The monoisotopic (exact) mass is 523 g/mol. The molecule has 41 heavy (non-hydrogen) atoms. The number of imidazole rings is 1. The van der Waals surface area contributed by atoms with Gasteiger partial charge in [0.1, 0.15) is 5.65 Å². The van der Waals surface area contributed by atoms with E-state index in [0.717, 1.165) is 39.4 Å². The molecule has 1 aliphatic carbocycles. The van der Waals surface area contributed by atoms with Gasteiger partial charge in [-0.2, -0.15) is 0 Å². The number of benzene rings is 4. The van der Waals surface area contributed by atoms with Crippen LogP contribution in [0.3, 0.4) is 0 Å². The number of hydrogen-bond donors (Lipinski definition) is 0. The second kappa shape index (κ2) is 7.55. The fraction of sp³-hybridized carbons (Fsp3) is 0.0278. The molecule has 4 aromatic carbocycles. The molecule has 0 spiro atoms. The van der Waals surface area contributed by atoms with Crippen LogP contribution < -0.4 is 0 Å². The summed E-state index contributed by atoms with van der Waals surface area (Å²) in [6, 6.07) is 32.9. The molecule has 1 aliphatic rings. The highest BCUT2D eigenvalue weighted by molar-refractivity contribution is 6.17. The lowest BCUT2D eigenvalue weighted by Gasteiger charge is -2.11. The summed E-state index contributed by atoms with van der Waals surface area (Å²) >= 11 is 0. The van der Waals surface area contributed by atoms with E-state index in [4.69, 9.17) is 4.98 Å². The van der Waals surface area contributed by atoms with Gasteiger partial charge in [-0.05, 0) is 82.6 Å².